The molecule has 0 spiro atoms. The number of aromatic carboxylic acids is 1. The molecule has 1 atom stereocenters. The van der Waals surface area contributed by atoms with E-state index in [1.807, 2.05) is 55.5 Å². The first-order chi connectivity index (χ1) is 12.9. The van der Waals surface area contributed by atoms with E-state index in [2.05, 4.69) is 4.98 Å². The number of rotatable bonds is 6. The van der Waals surface area contributed by atoms with Crippen molar-refractivity contribution in [2.24, 2.45) is 0 Å². The molecule has 6 heteroatoms. The number of thioether (sulfide) groups is 1. The number of aryl methyl sites for hydroxylation is 1. The number of hydrogen-bond donors (Lipinski definition) is 2. The third kappa shape index (κ3) is 4.18. The van der Waals surface area contributed by atoms with Gasteiger partial charge in [-0.1, -0.05) is 59.6 Å². The third-order valence-corrected chi connectivity index (χ3v) is 6.35. The summed E-state index contributed by atoms with van der Waals surface area (Å²) in [6.07, 6.45) is 0. The molecule has 27 heavy (non-hydrogen) atoms. The first-order valence-corrected chi connectivity index (χ1v) is 10.3. The van der Waals surface area contributed by atoms with Gasteiger partial charge in [-0.2, -0.15) is 0 Å². The minimum absolute atomic E-state index is 0.0661. The van der Waals surface area contributed by atoms with Crippen molar-refractivity contribution >= 4 is 40.9 Å². The number of aromatic nitrogens is 1. The number of carboxylic acid groups (broad SMARTS) is 1. The number of aromatic amines is 1. The van der Waals surface area contributed by atoms with Crippen molar-refractivity contribution in [1.82, 2.24) is 4.98 Å². The van der Waals surface area contributed by atoms with E-state index in [1.54, 1.807) is 18.7 Å². The highest BCUT2D eigenvalue weighted by atomic mass is 35.5. The van der Waals surface area contributed by atoms with Crippen LogP contribution >= 0.6 is 35.0 Å². The number of benzene rings is 2. The molecule has 1 unspecified atom stereocenters. The second-order valence-corrected chi connectivity index (χ2v) is 8.38. The Morgan fingerprint density at radius 3 is 2.33 bits per heavy atom. The Balaban J connectivity index is 1.98. The zero-order chi connectivity index (χ0) is 19.6. The van der Waals surface area contributed by atoms with Gasteiger partial charge in [-0.05, 0) is 37.1 Å². The van der Waals surface area contributed by atoms with Gasteiger partial charge in [0.15, 0.2) is 0 Å². The van der Waals surface area contributed by atoms with Gasteiger partial charge in [0.2, 0.25) is 0 Å². The quantitative estimate of drug-likeness (QED) is 0.452. The molecule has 3 rings (SSSR count). The first kappa shape index (κ1) is 19.9. The predicted molar refractivity (Wildman–Crippen MR) is 114 cm³/mol. The summed E-state index contributed by atoms with van der Waals surface area (Å²) in [5.41, 5.74) is 4.45. The molecule has 0 amide bonds. The SMILES string of the molecule is Cc1[nH]c(-c2ccccc2)c(C(C)SCc2c(Cl)cccc2Cl)c1C(=O)O. The van der Waals surface area contributed by atoms with Crippen LogP contribution in [-0.4, -0.2) is 16.1 Å². The van der Waals surface area contributed by atoms with Crippen LogP contribution in [0.5, 0.6) is 0 Å². The number of nitrogens with one attached hydrogen (secondary N) is 1. The number of halogens is 2. The van der Waals surface area contributed by atoms with Crippen molar-refractivity contribution in [2.45, 2.75) is 24.9 Å². The molecule has 0 aliphatic carbocycles. The van der Waals surface area contributed by atoms with Gasteiger partial charge in [0.1, 0.15) is 0 Å². The summed E-state index contributed by atoms with van der Waals surface area (Å²) in [5, 5.41) is 10.9. The highest BCUT2D eigenvalue weighted by Gasteiger charge is 2.26. The molecule has 0 bridgehead atoms. The lowest BCUT2D eigenvalue weighted by Gasteiger charge is -2.15. The van der Waals surface area contributed by atoms with E-state index >= 15 is 0 Å². The summed E-state index contributed by atoms with van der Waals surface area (Å²) in [6.45, 7) is 3.80. The largest absolute Gasteiger partial charge is 0.478 e. The molecule has 2 aromatic carbocycles. The van der Waals surface area contributed by atoms with E-state index in [0.717, 1.165) is 22.4 Å². The molecule has 2 N–H and O–H groups in total. The molecule has 140 valence electrons. The molecular formula is C21H19Cl2NO2S. The Morgan fingerprint density at radius 1 is 1.11 bits per heavy atom. The van der Waals surface area contributed by atoms with Crippen molar-refractivity contribution in [3.05, 3.63) is 81.0 Å². The molecule has 0 aliphatic rings. The van der Waals surface area contributed by atoms with Crippen LogP contribution in [0.15, 0.2) is 48.5 Å². The average Bonchev–Trinajstić information content (AvgIpc) is 2.99. The van der Waals surface area contributed by atoms with Gasteiger partial charge >= 0.3 is 5.97 Å². The molecule has 3 aromatic rings. The fourth-order valence-electron chi connectivity index (χ4n) is 3.12. The first-order valence-electron chi connectivity index (χ1n) is 8.45. The van der Waals surface area contributed by atoms with Gasteiger partial charge in [0, 0.05) is 32.3 Å². The maximum atomic E-state index is 11.9. The molecule has 1 heterocycles. The summed E-state index contributed by atoms with van der Waals surface area (Å²) in [6, 6.07) is 15.2. The molecule has 0 saturated heterocycles. The van der Waals surface area contributed by atoms with Crippen molar-refractivity contribution in [3.63, 3.8) is 0 Å². The minimum atomic E-state index is -0.927. The van der Waals surface area contributed by atoms with Crippen molar-refractivity contribution < 1.29 is 9.90 Å². The van der Waals surface area contributed by atoms with Gasteiger partial charge in [-0.25, -0.2) is 4.79 Å². The minimum Gasteiger partial charge on any atom is -0.478 e. The van der Waals surface area contributed by atoms with Gasteiger partial charge in [-0.15, -0.1) is 11.8 Å². The Morgan fingerprint density at radius 2 is 1.74 bits per heavy atom. The summed E-state index contributed by atoms with van der Waals surface area (Å²) in [7, 11) is 0. The Kier molecular flexibility index (Phi) is 6.20. The zero-order valence-electron chi connectivity index (χ0n) is 14.9. The third-order valence-electron chi connectivity index (χ3n) is 4.45. The van der Waals surface area contributed by atoms with Crippen LogP contribution in [0.2, 0.25) is 10.0 Å². The lowest BCUT2D eigenvalue weighted by molar-refractivity contribution is 0.0695. The van der Waals surface area contributed by atoms with Crippen molar-refractivity contribution in [2.75, 3.05) is 0 Å². The van der Waals surface area contributed by atoms with Crippen LogP contribution < -0.4 is 0 Å². The molecule has 0 aliphatic heterocycles. The lowest BCUT2D eigenvalue weighted by atomic mass is 10.0. The van der Waals surface area contributed by atoms with E-state index in [4.69, 9.17) is 23.2 Å². The van der Waals surface area contributed by atoms with Crippen LogP contribution in [0.25, 0.3) is 11.3 Å². The van der Waals surface area contributed by atoms with Crippen LogP contribution in [0.4, 0.5) is 0 Å². The Bertz CT molecular complexity index is 950. The maximum absolute atomic E-state index is 11.9. The van der Waals surface area contributed by atoms with E-state index in [1.165, 1.54) is 0 Å². The second kappa shape index (κ2) is 8.42. The number of carboxylic acids is 1. The molecule has 0 radical (unpaired) electrons. The molecule has 0 fully saturated rings. The van der Waals surface area contributed by atoms with Crippen LogP contribution in [0, 0.1) is 6.92 Å². The number of H-pyrrole nitrogens is 1. The highest BCUT2D eigenvalue weighted by Crippen LogP contribution is 2.42. The maximum Gasteiger partial charge on any atom is 0.337 e. The van der Waals surface area contributed by atoms with E-state index in [-0.39, 0.29) is 5.25 Å². The summed E-state index contributed by atoms with van der Waals surface area (Å²) < 4.78 is 0. The smallest absolute Gasteiger partial charge is 0.337 e. The molecule has 3 nitrogen and oxygen atoms in total. The van der Waals surface area contributed by atoms with Crippen LogP contribution in [0.3, 0.4) is 0 Å². The lowest BCUT2D eigenvalue weighted by Crippen LogP contribution is -2.04. The van der Waals surface area contributed by atoms with Crippen LogP contribution in [-0.2, 0) is 5.75 Å². The summed E-state index contributed by atoms with van der Waals surface area (Å²) in [5.74, 6) is -0.332. The Labute approximate surface area is 172 Å². The number of hydrogen-bond acceptors (Lipinski definition) is 2. The summed E-state index contributed by atoms with van der Waals surface area (Å²) in [4.78, 5) is 15.2. The summed E-state index contributed by atoms with van der Waals surface area (Å²) >= 11 is 14.2. The van der Waals surface area contributed by atoms with Crippen molar-refractivity contribution in [1.29, 1.82) is 0 Å². The van der Waals surface area contributed by atoms with E-state index in [9.17, 15) is 9.90 Å². The monoisotopic (exact) mass is 419 g/mol. The fourth-order valence-corrected chi connectivity index (χ4v) is 4.94. The van der Waals surface area contributed by atoms with E-state index in [0.29, 0.717) is 27.1 Å². The van der Waals surface area contributed by atoms with Crippen LogP contribution in [0.1, 0.15) is 39.4 Å². The number of carbonyl (C=O) groups is 1. The molecule has 1 aromatic heterocycles. The highest BCUT2D eigenvalue weighted by molar-refractivity contribution is 7.98. The zero-order valence-corrected chi connectivity index (χ0v) is 17.3. The van der Waals surface area contributed by atoms with E-state index < -0.39 is 5.97 Å². The van der Waals surface area contributed by atoms with Gasteiger partial charge < -0.3 is 10.1 Å². The second-order valence-electron chi connectivity index (χ2n) is 6.24. The van der Waals surface area contributed by atoms with Gasteiger partial charge in [-0.3, -0.25) is 0 Å². The van der Waals surface area contributed by atoms with Gasteiger partial charge in [0.05, 0.1) is 11.3 Å². The fraction of sp³-hybridized carbons (Fsp3) is 0.190. The molecule has 0 saturated carbocycles. The standard InChI is InChI=1S/C21H19Cl2NO2S/c1-12-18(21(25)26)19(20(24-12)14-7-4-3-5-8-14)13(2)27-11-15-16(22)9-6-10-17(15)23/h3-10,13,24H,11H2,1-2H3,(H,25,26). The predicted octanol–water partition coefficient (Wildman–Crippen LogP) is 6.99. The topological polar surface area (TPSA) is 53.1 Å². The Hall–Kier alpha value is -1.88. The van der Waals surface area contributed by atoms with Crippen molar-refractivity contribution in [3.8, 4) is 11.3 Å². The molecular weight excluding hydrogens is 401 g/mol. The normalized spacial score (nSPS) is 12.1. The van der Waals surface area contributed by atoms with Gasteiger partial charge in [0.25, 0.3) is 0 Å². The average molecular weight is 420 g/mol.